The van der Waals surface area contributed by atoms with Gasteiger partial charge in [0, 0.05) is 18.3 Å². The van der Waals surface area contributed by atoms with E-state index in [1.807, 2.05) is 20.0 Å². The molecule has 0 radical (unpaired) electrons. The summed E-state index contributed by atoms with van der Waals surface area (Å²) >= 11 is 1.80. The van der Waals surface area contributed by atoms with Gasteiger partial charge in [-0.2, -0.15) is 11.8 Å². The standard InChI is InChI=1S/C13H20N2O2S2/c1-10-11(8-14-2)4-3-5-13(10)19(16,17)15-12-6-7-18-9-12/h3-5,12,14-15H,6-9H2,1-2H3. The summed E-state index contributed by atoms with van der Waals surface area (Å²) in [6, 6.07) is 5.51. The Hall–Kier alpha value is -0.560. The van der Waals surface area contributed by atoms with Gasteiger partial charge in [0.1, 0.15) is 0 Å². The second kappa shape index (κ2) is 6.26. The van der Waals surface area contributed by atoms with E-state index in [9.17, 15) is 8.42 Å². The average molecular weight is 300 g/mol. The summed E-state index contributed by atoms with van der Waals surface area (Å²) in [6.45, 7) is 2.54. The van der Waals surface area contributed by atoms with Crippen molar-refractivity contribution in [3.05, 3.63) is 29.3 Å². The van der Waals surface area contributed by atoms with Crippen molar-refractivity contribution in [3.8, 4) is 0 Å². The first kappa shape index (κ1) is 14.8. The van der Waals surface area contributed by atoms with E-state index >= 15 is 0 Å². The second-order valence-electron chi connectivity index (χ2n) is 4.75. The van der Waals surface area contributed by atoms with Crippen LogP contribution in [-0.2, 0) is 16.6 Å². The molecular formula is C13H20N2O2S2. The van der Waals surface area contributed by atoms with Gasteiger partial charge in [-0.3, -0.25) is 0 Å². The molecule has 19 heavy (non-hydrogen) atoms. The lowest BCUT2D eigenvalue weighted by Crippen LogP contribution is -2.35. The molecule has 6 heteroatoms. The Morgan fingerprint density at radius 2 is 2.21 bits per heavy atom. The van der Waals surface area contributed by atoms with E-state index in [4.69, 9.17) is 0 Å². The zero-order chi connectivity index (χ0) is 13.9. The molecule has 0 spiro atoms. The van der Waals surface area contributed by atoms with E-state index < -0.39 is 10.0 Å². The first-order valence-corrected chi connectivity index (χ1v) is 9.01. The molecule has 0 amide bonds. The van der Waals surface area contributed by atoms with Crippen LogP contribution in [0.15, 0.2) is 23.1 Å². The molecule has 4 nitrogen and oxygen atoms in total. The summed E-state index contributed by atoms with van der Waals surface area (Å²) in [5.41, 5.74) is 1.85. The van der Waals surface area contributed by atoms with Crippen LogP contribution < -0.4 is 10.0 Å². The van der Waals surface area contributed by atoms with Crippen molar-refractivity contribution in [1.82, 2.24) is 10.0 Å². The van der Waals surface area contributed by atoms with Crippen LogP contribution in [0.1, 0.15) is 17.5 Å². The maximum atomic E-state index is 12.4. The zero-order valence-corrected chi connectivity index (χ0v) is 12.9. The number of hydrogen-bond acceptors (Lipinski definition) is 4. The van der Waals surface area contributed by atoms with E-state index in [1.165, 1.54) is 0 Å². The highest BCUT2D eigenvalue weighted by molar-refractivity contribution is 7.99. The van der Waals surface area contributed by atoms with Gasteiger partial charge in [0.15, 0.2) is 0 Å². The minimum atomic E-state index is -3.41. The lowest BCUT2D eigenvalue weighted by molar-refractivity contribution is 0.562. The first-order valence-electron chi connectivity index (χ1n) is 6.38. The monoisotopic (exact) mass is 300 g/mol. The molecule has 1 heterocycles. The summed E-state index contributed by atoms with van der Waals surface area (Å²) in [4.78, 5) is 0.400. The predicted octanol–water partition coefficient (Wildman–Crippen LogP) is 1.50. The molecule has 1 unspecified atom stereocenters. The van der Waals surface area contributed by atoms with Gasteiger partial charge in [0.05, 0.1) is 4.90 Å². The van der Waals surface area contributed by atoms with Crippen LogP contribution in [0, 0.1) is 6.92 Å². The SMILES string of the molecule is CNCc1cccc(S(=O)(=O)NC2CCSC2)c1C. The van der Waals surface area contributed by atoms with Crippen molar-refractivity contribution in [2.24, 2.45) is 0 Å². The lowest BCUT2D eigenvalue weighted by Gasteiger charge is -2.15. The van der Waals surface area contributed by atoms with Crippen molar-refractivity contribution in [2.75, 3.05) is 18.6 Å². The van der Waals surface area contributed by atoms with Crippen molar-refractivity contribution < 1.29 is 8.42 Å². The molecule has 0 bridgehead atoms. The number of nitrogens with one attached hydrogen (secondary N) is 2. The van der Waals surface area contributed by atoms with Gasteiger partial charge in [-0.05, 0) is 43.3 Å². The van der Waals surface area contributed by atoms with Gasteiger partial charge < -0.3 is 5.32 Å². The molecule has 1 aromatic rings. The summed E-state index contributed by atoms with van der Waals surface area (Å²) < 4.78 is 27.7. The largest absolute Gasteiger partial charge is 0.316 e. The fraction of sp³-hybridized carbons (Fsp3) is 0.538. The number of rotatable bonds is 5. The number of sulfonamides is 1. The molecule has 1 atom stereocenters. The molecule has 1 aromatic carbocycles. The Kier molecular flexibility index (Phi) is 4.89. The van der Waals surface area contributed by atoms with Gasteiger partial charge in [0.2, 0.25) is 10.0 Å². The van der Waals surface area contributed by atoms with E-state index in [-0.39, 0.29) is 6.04 Å². The van der Waals surface area contributed by atoms with Crippen molar-refractivity contribution in [2.45, 2.75) is 30.8 Å². The summed E-state index contributed by atoms with van der Waals surface area (Å²) in [7, 11) is -1.55. The van der Waals surface area contributed by atoms with Gasteiger partial charge in [-0.1, -0.05) is 12.1 Å². The quantitative estimate of drug-likeness (QED) is 0.865. The molecule has 1 aliphatic heterocycles. The highest BCUT2D eigenvalue weighted by Crippen LogP contribution is 2.22. The Bertz CT molecular complexity index is 538. The van der Waals surface area contributed by atoms with Crippen molar-refractivity contribution >= 4 is 21.8 Å². The molecule has 1 aliphatic rings. The van der Waals surface area contributed by atoms with Crippen LogP contribution in [0.25, 0.3) is 0 Å². The number of hydrogen-bond donors (Lipinski definition) is 2. The second-order valence-corrected chi connectivity index (χ2v) is 7.58. The minimum absolute atomic E-state index is 0.0716. The summed E-state index contributed by atoms with van der Waals surface area (Å²) in [6.07, 6.45) is 0.916. The fourth-order valence-electron chi connectivity index (χ4n) is 2.24. The fourth-order valence-corrected chi connectivity index (χ4v) is 5.06. The van der Waals surface area contributed by atoms with Gasteiger partial charge >= 0.3 is 0 Å². The van der Waals surface area contributed by atoms with Crippen LogP contribution >= 0.6 is 11.8 Å². The Balaban J connectivity index is 2.26. The Morgan fingerprint density at radius 1 is 1.42 bits per heavy atom. The third-order valence-electron chi connectivity index (χ3n) is 3.30. The number of thioether (sulfide) groups is 1. The zero-order valence-electron chi connectivity index (χ0n) is 11.3. The Morgan fingerprint density at radius 3 is 2.84 bits per heavy atom. The smallest absolute Gasteiger partial charge is 0.241 e. The van der Waals surface area contributed by atoms with Crippen LogP contribution in [0.2, 0.25) is 0 Å². The molecule has 0 saturated carbocycles. The molecular weight excluding hydrogens is 280 g/mol. The van der Waals surface area contributed by atoms with Crippen LogP contribution in [0.4, 0.5) is 0 Å². The van der Waals surface area contributed by atoms with Crippen molar-refractivity contribution in [3.63, 3.8) is 0 Å². The minimum Gasteiger partial charge on any atom is -0.316 e. The molecule has 0 aliphatic carbocycles. The van der Waals surface area contributed by atoms with Crippen LogP contribution in [0.3, 0.4) is 0 Å². The molecule has 106 valence electrons. The van der Waals surface area contributed by atoms with Crippen LogP contribution in [-0.4, -0.2) is 33.0 Å². The topological polar surface area (TPSA) is 58.2 Å². The summed E-state index contributed by atoms with van der Waals surface area (Å²) in [5, 5.41) is 3.06. The summed E-state index contributed by atoms with van der Waals surface area (Å²) in [5.74, 6) is 1.90. The third-order valence-corrected chi connectivity index (χ3v) is 6.13. The molecule has 1 fully saturated rings. The third kappa shape index (κ3) is 3.51. The predicted molar refractivity (Wildman–Crippen MR) is 80.0 cm³/mol. The van der Waals surface area contributed by atoms with Crippen molar-refractivity contribution in [1.29, 1.82) is 0 Å². The van der Waals surface area contributed by atoms with Crippen LogP contribution in [0.5, 0.6) is 0 Å². The maximum absolute atomic E-state index is 12.4. The maximum Gasteiger partial charge on any atom is 0.241 e. The number of benzene rings is 1. The molecule has 2 rings (SSSR count). The molecule has 0 aromatic heterocycles. The highest BCUT2D eigenvalue weighted by Gasteiger charge is 2.24. The Labute approximate surface area is 119 Å². The van der Waals surface area contributed by atoms with E-state index in [0.29, 0.717) is 11.4 Å². The molecule has 1 saturated heterocycles. The van der Waals surface area contributed by atoms with E-state index in [1.54, 1.807) is 23.9 Å². The van der Waals surface area contributed by atoms with E-state index in [2.05, 4.69) is 10.0 Å². The normalized spacial score (nSPS) is 19.8. The van der Waals surface area contributed by atoms with Gasteiger partial charge in [0.25, 0.3) is 0 Å². The average Bonchev–Trinajstić information content (AvgIpc) is 2.84. The lowest BCUT2D eigenvalue weighted by atomic mass is 10.1. The molecule has 2 N–H and O–H groups in total. The van der Waals surface area contributed by atoms with Gasteiger partial charge in [-0.15, -0.1) is 0 Å². The highest BCUT2D eigenvalue weighted by atomic mass is 32.2. The van der Waals surface area contributed by atoms with Gasteiger partial charge in [-0.25, -0.2) is 13.1 Å². The first-order chi connectivity index (χ1) is 9.04. The van der Waals surface area contributed by atoms with E-state index in [0.717, 1.165) is 29.1 Å².